The Morgan fingerprint density at radius 3 is 2.88 bits per heavy atom. The summed E-state index contributed by atoms with van der Waals surface area (Å²) in [4.78, 5) is 13.8. The summed E-state index contributed by atoms with van der Waals surface area (Å²) in [6, 6.07) is 6.05. The number of carbonyl (C=O) groups is 1. The molecule has 16 heavy (non-hydrogen) atoms. The molecular weight excluding hydrogens is 224 g/mol. The Hall–Kier alpha value is -1.22. The van der Waals surface area contributed by atoms with Crippen LogP contribution in [0.4, 0.5) is 11.4 Å². The van der Waals surface area contributed by atoms with E-state index in [2.05, 4.69) is 5.32 Å². The van der Waals surface area contributed by atoms with Crippen molar-refractivity contribution < 1.29 is 4.79 Å². The van der Waals surface area contributed by atoms with Crippen molar-refractivity contribution in [1.29, 1.82) is 0 Å². The molecule has 0 bridgehead atoms. The van der Waals surface area contributed by atoms with Gasteiger partial charge in [0.15, 0.2) is 0 Å². The largest absolute Gasteiger partial charge is 0.374 e. The number of nitrogens with zero attached hydrogens (tertiary/aromatic N) is 1. The van der Waals surface area contributed by atoms with Gasteiger partial charge in [-0.25, -0.2) is 0 Å². The van der Waals surface area contributed by atoms with Gasteiger partial charge in [-0.05, 0) is 37.5 Å². The molecule has 0 saturated heterocycles. The van der Waals surface area contributed by atoms with E-state index in [0.29, 0.717) is 17.6 Å². The average Bonchev–Trinajstić information content (AvgIpc) is 2.20. The van der Waals surface area contributed by atoms with E-state index in [0.717, 1.165) is 24.2 Å². The molecule has 1 N–H and O–H groups in total. The highest BCUT2D eigenvalue weighted by molar-refractivity contribution is 6.31. The molecule has 1 aromatic carbocycles. The van der Waals surface area contributed by atoms with Gasteiger partial charge in [-0.15, -0.1) is 0 Å². The van der Waals surface area contributed by atoms with E-state index in [1.54, 1.807) is 0 Å². The monoisotopic (exact) mass is 236 g/mol. The summed E-state index contributed by atoms with van der Waals surface area (Å²) in [5.74, 6) is 0.152. The minimum atomic E-state index is 0.152. The zero-order valence-corrected chi connectivity index (χ0v) is 9.63. The molecule has 84 valence electrons. The standard InChI is InChI=1S/C12H13ClN2O/c13-8-4-5-10-11(6-8)15(9-2-1-3-9)12(16)7-14-10/h4-6,9,14H,1-3,7H2. The second kappa shape index (κ2) is 3.67. The molecule has 3 nitrogen and oxygen atoms in total. The third-order valence-electron chi connectivity index (χ3n) is 3.36. The van der Waals surface area contributed by atoms with Gasteiger partial charge >= 0.3 is 0 Å². The van der Waals surface area contributed by atoms with Gasteiger partial charge < -0.3 is 10.2 Å². The van der Waals surface area contributed by atoms with Crippen LogP contribution >= 0.6 is 11.6 Å². The maximum atomic E-state index is 11.9. The minimum Gasteiger partial charge on any atom is -0.374 e. The van der Waals surface area contributed by atoms with Crippen LogP contribution in [-0.2, 0) is 4.79 Å². The summed E-state index contributed by atoms with van der Waals surface area (Å²) in [5, 5.41) is 3.80. The number of benzene rings is 1. The molecule has 0 spiro atoms. The Labute approximate surface area is 99.4 Å². The van der Waals surface area contributed by atoms with Crippen LogP contribution in [-0.4, -0.2) is 18.5 Å². The lowest BCUT2D eigenvalue weighted by Crippen LogP contribution is -2.49. The Bertz CT molecular complexity index is 443. The molecule has 1 heterocycles. The van der Waals surface area contributed by atoms with Crippen LogP contribution < -0.4 is 10.2 Å². The highest BCUT2D eigenvalue weighted by Gasteiger charge is 2.33. The minimum absolute atomic E-state index is 0.152. The zero-order valence-electron chi connectivity index (χ0n) is 8.87. The molecule has 1 aromatic rings. The van der Waals surface area contributed by atoms with Gasteiger partial charge in [0.25, 0.3) is 0 Å². The lowest BCUT2D eigenvalue weighted by molar-refractivity contribution is -0.118. The molecule has 0 aromatic heterocycles. The summed E-state index contributed by atoms with van der Waals surface area (Å²) in [6.07, 6.45) is 3.44. The summed E-state index contributed by atoms with van der Waals surface area (Å²) in [7, 11) is 0. The smallest absolute Gasteiger partial charge is 0.246 e. The van der Waals surface area contributed by atoms with E-state index in [9.17, 15) is 4.79 Å². The van der Waals surface area contributed by atoms with Crippen molar-refractivity contribution in [3.63, 3.8) is 0 Å². The van der Waals surface area contributed by atoms with E-state index < -0.39 is 0 Å². The van der Waals surface area contributed by atoms with Crippen molar-refractivity contribution in [3.05, 3.63) is 23.2 Å². The second-order valence-electron chi connectivity index (χ2n) is 4.36. The first-order chi connectivity index (χ1) is 7.75. The first kappa shape index (κ1) is 9.97. The topological polar surface area (TPSA) is 32.3 Å². The Morgan fingerprint density at radius 2 is 2.19 bits per heavy atom. The molecule has 1 aliphatic carbocycles. The van der Waals surface area contributed by atoms with Gasteiger partial charge in [0.2, 0.25) is 5.91 Å². The Kier molecular flexibility index (Phi) is 2.28. The molecule has 3 rings (SSSR count). The van der Waals surface area contributed by atoms with E-state index >= 15 is 0 Å². The lowest BCUT2D eigenvalue weighted by atomic mass is 9.90. The highest BCUT2D eigenvalue weighted by atomic mass is 35.5. The number of nitrogens with one attached hydrogen (secondary N) is 1. The van der Waals surface area contributed by atoms with Crippen molar-refractivity contribution >= 4 is 28.9 Å². The van der Waals surface area contributed by atoms with Crippen LogP contribution in [0, 0.1) is 0 Å². The Morgan fingerprint density at radius 1 is 1.38 bits per heavy atom. The van der Waals surface area contributed by atoms with E-state index in [1.807, 2.05) is 23.1 Å². The molecule has 1 aliphatic heterocycles. The third kappa shape index (κ3) is 1.47. The van der Waals surface area contributed by atoms with Crippen molar-refractivity contribution in [2.45, 2.75) is 25.3 Å². The predicted molar refractivity (Wildman–Crippen MR) is 65.1 cm³/mol. The number of carbonyl (C=O) groups excluding carboxylic acids is 1. The first-order valence-electron chi connectivity index (χ1n) is 5.61. The molecule has 1 amide bonds. The normalized spacial score (nSPS) is 20.1. The maximum Gasteiger partial charge on any atom is 0.246 e. The number of anilines is 2. The summed E-state index contributed by atoms with van der Waals surface area (Å²) < 4.78 is 0. The van der Waals surface area contributed by atoms with Crippen molar-refractivity contribution in [1.82, 2.24) is 0 Å². The molecule has 2 aliphatic rings. The third-order valence-corrected chi connectivity index (χ3v) is 3.59. The molecular formula is C12H13ClN2O. The maximum absolute atomic E-state index is 11.9. The van der Waals surface area contributed by atoms with Crippen LogP contribution in [0.15, 0.2) is 18.2 Å². The van der Waals surface area contributed by atoms with Gasteiger partial charge in [-0.1, -0.05) is 11.6 Å². The quantitative estimate of drug-likeness (QED) is 0.813. The van der Waals surface area contributed by atoms with Gasteiger partial charge in [0, 0.05) is 11.1 Å². The van der Waals surface area contributed by atoms with Crippen molar-refractivity contribution in [3.8, 4) is 0 Å². The predicted octanol–water partition coefficient (Wildman–Crippen LogP) is 2.65. The number of halogens is 1. The number of amides is 1. The fraction of sp³-hybridized carbons (Fsp3) is 0.417. The molecule has 4 heteroatoms. The van der Waals surface area contributed by atoms with Crippen LogP contribution in [0.2, 0.25) is 5.02 Å². The summed E-state index contributed by atoms with van der Waals surface area (Å²) in [6.45, 7) is 0.394. The first-order valence-corrected chi connectivity index (χ1v) is 5.99. The Balaban J connectivity index is 2.04. The van der Waals surface area contributed by atoms with Gasteiger partial charge in [0.1, 0.15) is 0 Å². The number of hydrogen-bond donors (Lipinski definition) is 1. The SMILES string of the molecule is O=C1CNc2ccc(Cl)cc2N1C1CCC1. The van der Waals surface area contributed by atoms with Gasteiger partial charge in [0.05, 0.1) is 17.9 Å². The summed E-state index contributed by atoms with van der Waals surface area (Å²) in [5.41, 5.74) is 1.95. The van der Waals surface area contributed by atoms with Crippen LogP contribution in [0.1, 0.15) is 19.3 Å². The number of hydrogen-bond acceptors (Lipinski definition) is 2. The molecule has 1 fully saturated rings. The van der Waals surface area contributed by atoms with E-state index in [-0.39, 0.29) is 5.91 Å². The van der Waals surface area contributed by atoms with Crippen molar-refractivity contribution in [2.75, 3.05) is 16.8 Å². The molecule has 1 saturated carbocycles. The van der Waals surface area contributed by atoms with Crippen LogP contribution in [0.5, 0.6) is 0 Å². The zero-order chi connectivity index (χ0) is 11.1. The van der Waals surface area contributed by atoms with Crippen LogP contribution in [0.3, 0.4) is 0 Å². The number of rotatable bonds is 1. The fourth-order valence-electron chi connectivity index (χ4n) is 2.29. The van der Waals surface area contributed by atoms with Crippen LogP contribution in [0.25, 0.3) is 0 Å². The lowest BCUT2D eigenvalue weighted by Gasteiger charge is -2.41. The van der Waals surface area contributed by atoms with Gasteiger partial charge in [-0.3, -0.25) is 4.79 Å². The molecule has 0 atom stereocenters. The van der Waals surface area contributed by atoms with E-state index in [4.69, 9.17) is 11.6 Å². The van der Waals surface area contributed by atoms with E-state index in [1.165, 1.54) is 6.42 Å². The van der Waals surface area contributed by atoms with Crippen molar-refractivity contribution in [2.24, 2.45) is 0 Å². The molecule has 0 radical (unpaired) electrons. The summed E-state index contributed by atoms with van der Waals surface area (Å²) >= 11 is 5.99. The fourth-order valence-corrected chi connectivity index (χ4v) is 2.46. The highest BCUT2D eigenvalue weighted by Crippen LogP contribution is 2.37. The van der Waals surface area contributed by atoms with Gasteiger partial charge in [-0.2, -0.15) is 0 Å². The second-order valence-corrected chi connectivity index (χ2v) is 4.80. The average molecular weight is 237 g/mol. The molecule has 0 unspecified atom stereocenters. The number of fused-ring (bicyclic) bond motifs is 1.